The van der Waals surface area contributed by atoms with E-state index >= 15 is 0 Å². The molecule has 1 fully saturated rings. The number of H-pyrrole nitrogens is 1. The van der Waals surface area contributed by atoms with Crippen molar-refractivity contribution in [3.63, 3.8) is 0 Å². The quantitative estimate of drug-likeness (QED) is 0.680. The third-order valence-corrected chi connectivity index (χ3v) is 5.91. The van der Waals surface area contributed by atoms with Gasteiger partial charge in [-0.3, -0.25) is 9.59 Å². The summed E-state index contributed by atoms with van der Waals surface area (Å²) in [7, 11) is 0. The second-order valence-corrected chi connectivity index (χ2v) is 9.29. The normalized spacial score (nSPS) is 15.6. The van der Waals surface area contributed by atoms with E-state index in [1.54, 1.807) is 29.1 Å². The van der Waals surface area contributed by atoms with Crippen molar-refractivity contribution in [1.82, 2.24) is 19.8 Å². The number of ether oxygens (including phenoxy) is 1. The molecule has 0 bridgehead atoms. The standard InChI is InChI=1S/C25H30N4O3/c1-17(32-20-7-5-6-19(15-20)25(2,3)4)23(30)28-10-12-29(13-11-28)24(31)18-8-9-21-22(14-18)27-16-26-21/h5-9,14-17H,10-13H2,1-4H3,(H,26,27). The van der Waals surface area contributed by atoms with Gasteiger partial charge in [-0.15, -0.1) is 0 Å². The van der Waals surface area contributed by atoms with Crippen LogP contribution in [0, 0.1) is 0 Å². The summed E-state index contributed by atoms with van der Waals surface area (Å²) in [5, 5.41) is 0. The Morgan fingerprint density at radius 1 is 1.03 bits per heavy atom. The van der Waals surface area contributed by atoms with Gasteiger partial charge >= 0.3 is 0 Å². The largest absolute Gasteiger partial charge is 0.481 e. The maximum Gasteiger partial charge on any atom is 0.263 e. The number of amides is 2. The van der Waals surface area contributed by atoms with Gasteiger partial charge in [0.1, 0.15) is 5.75 Å². The zero-order valence-corrected chi connectivity index (χ0v) is 19.1. The number of piperazine rings is 1. The second kappa shape index (κ2) is 8.65. The maximum absolute atomic E-state index is 12.9. The van der Waals surface area contributed by atoms with E-state index in [0.717, 1.165) is 16.6 Å². The lowest BCUT2D eigenvalue weighted by Crippen LogP contribution is -2.53. The van der Waals surface area contributed by atoms with E-state index in [1.165, 1.54) is 0 Å². The van der Waals surface area contributed by atoms with E-state index in [4.69, 9.17) is 4.74 Å². The molecule has 2 amide bonds. The summed E-state index contributed by atoms with van der Waals surface area (Å²) in [5.74, 6) is 0.607. The number of benzene rings is 2. The Hall–Kier alpha value is -3.35. The van der Waals surface area contributed by atoms with E-state index in [9.17, 15) is 9.59 Å². The Morgan fingerprint density at radius 3 is 2.47 bits per heavy atom. The fraction of sp³-hybridized carbons (Fsp3) is 0.400. The smallest absolute Gasteiger partial charge is 0.263 e. The van der Waals surface area contributed by atoms with Crippen molar-refractivity contribution in [2.75, 3.05) is 26.2 Å². The third kappa shape index (κ3) is 4.61. The molecule has 1 aliphatic heterocycles. The minimum Gasteiger partial charge on any atom is -0.481 e. The number of rotatable bonds is 4. The highest BCUT2D eigenvalue weighted by molar-refractivity contribution is 5.97. The summed E-state index contributed by atoms with van der Waals surface area (Å²) in [6, 6.07) is 13.4. The number of aromatic amines is 1. The summed E-state index contributed by atoms with van der Waals surface area (Å²) in [4.78, 5) is 36.6. The van der Waals surface area contributed by atoms with Gasteiger partial charge in [0.15, 0.2) is 6.10 Å². The van der Waals surface area contributed by atoms with Crippen LogP contribution in [0.3, 0.4) is 0 Å². The maximum atomic E-state index is 12.9. The molecule has 2 heterocycles. The first-order valence-electron chi connectivity index (χ1n) is 11.0. The Morgan fingerprint density at radius 2 is 1.75 bits per heavy atom. The minimum atomic E-state index is -0.588. The van der Waals surface area contributed by atoms with Crippen molar-refractivity contribution in [1.29, 1.82) is 0 Å². The van der Waals surface area contributed by atoms with Crippen LogP contribution in [0.5, 0.6) is 5.75 Å². The second-order valence-electron chi connectivity index (χ2n) is 9.29. The topological polar surface area (TPSA) is 78.5 Å². The number of hydrogen-bond donors (Lipinski definition) is 1. The summed E-state index contributed by atoms with van der Waals surface area (Å²) < 4.78 is 5.96. The molecule has 1 saturated heterocycles. The van der Waals surface area contributed by atoms with E-state index in [0.29, 0.717) is 37.5 Å². The monoisotopic (exact) mass is 434 g/mol. The van der Waals surface area contributed by atoms with E-state index in [2.05, 4.69) is 36.8 Å². The van der Waals surface area contributed by atoms with E-state index in [1.807, 2.05) is 30.3 Å². The lowest BCUT2D eigenvalue weighted by molar-refractivity contribution is -0.139. The van der Waals surface area contributed by atoms with Crippen molar-refractivity contribution >= 4 is 22.8 Å². The summed E-state index contributed by atoms with van der Waals surface area (Å²) in [6.45, 7) is 10.2. The average molecular weight is 435 g/mol. The Bertz CT molecular complexity index is 1120. The van der Waals surface area contributed by atoms with E-state index < -0.39 is 6.10 Å². The molecule has 3 aromatic rings. The van der Waals surface area contributed by atoms with Crippen molar-refractivity contribution in [2.24, 2.45) is 0 Å². The van der Waals surface area contributed by atoms with Crippen LogP contribution in [-0.4, -0.2) is 63.9 Å². The molecule has 4 rings (SSSR count). The Balaban J connectivity index is 1.34. The van der Waals surface area contributed by atoms with Crippen LogP contribution >= 0.6 is 0 Å². The molecule has 1 atom stereocenters. The number of nitrogens with one attached hydrogen (secondary N) is 1. The predicted molar refractivity (Wildman–Crippen MR) is 124 cm³/mol. The van der Waals surface area contributed by atoms with Gasteiger partial charge in [0.25, 0.3) is 11.8 Å². The van der Waals surface area contributed by atoms with Crippen LogP contribution in [0.4, 0.5) is 0 Å². The molecule has 0 spiro atoms. The van der Waals surface area contributed by atoms with Gasteiger partial charge < -0.3 is 19.5 Å². The molecule has 32 heavy (non-hydrogen) atoms. The van der Waals surface area contributed by atoms with Crippen LogP contribution < -0.4 is 4.74 Å². The predicted octanol–water partition coefficient (Wildman–Crippen LogP) is 3.61. The molecule has 1 N–H and O–H groups in total. The molecule has 1 unspecified atom stereocenters. The lowest BCUT2D eigenvalue weighted by atomic mass is 9.87. The average Bonchev–Trinajstić information content (AvgIpc) is 3.26. The number of imidazole rings is 1. The van der Waals surface area contributed by atoms with Gasteiger partial charge in [-0.25, -0.2) is 4.98 Å². The van der Waals surface area contributed by atoms with Gasteiger partial charge in [-0.05, 0) is 48.2 Å². The number of carbonyl (C=O) groups excluding carboxylic acids is 2. The van der Waals surface area contributed by atoms with Gasteiger partial charge in [0, 0.05) is 31.7 Å². The lowest BCUT2D eigenvalue weighted by Gasteiger charge is -2.36. The SMILES string of the molecule is CC(Oc1cccc(C(C)(C)C)c1)C(=O)N1CCN(C(=O)c2ccc3nc[nH]c3c2)CC1. The molecule has 1 aromatic heterocycles. The molecule has 0 saturated carbocycles. The summed E-state index contributed by atoms with van der Waals surface area (Å²) in [6.07, 6.45) is 1.03. The zero-order valence-electron chi connectivity index (χ0n) is 19.1. The van der Waals surface area contributed by atoms with E-state index in [-0.39, 0.29) is 17.2 Å². The van der Waals surface area contributed by atoms with Gasteiger partial charge in [-0.2, -0.15) is 0 Å². The van der Waals surface area contributed by atoms with Gasteiger partial charge in [-0.1, -0.05) is 32.9 Å². The van der Waals surface area contributed by atoms with Crippen molar-refractivity contribution < 1.29 is 14.3 Å². The summed E-state index contributed by atoms with van der Waals surface area (Å²) in [5.41, 5.74) is 3.47. The van der Waals surface area contributed by atoms with Crippen LogP contribution in [0.15, 0.2) is 48.8 Å². The molecular formula is C25H30N4O3. The number of hydrogen-bond acceptors (Lipinski definition) is 4. The van der Waals surface area contributed by atoms with Crippen LogP contribution in [-0.2, 0) is 10.2 Å². The van der Waals surface area contributed by atoms with Crippen LogP contribution in [0.1, 0.15) is 43.6 Å². The zero-order chi connectivity index (χ0) is 22.9. The molecular weight excluding hydrogens is 404 g/mol. The Kier molecular flexibility index (Phi) is 5.91. The molecule has 0 radical (unpaired) electrons. The fourth-order valence-corrected chi connectivity index (χ4v) is 3.93. The first kappa shape index (κ1) is 21.9. The number of fused-ring (bicyclic) bond motifs is 1. The highest BCUT2D eigenvalue weighted by Gasteiger charge is 2.28. The molecule has 0 aliphatic carbocycles. The first-order valence-corrected chi connectivity index (χ1v) is 11.0. The first-order chi connectivity index (χ1) is 15.2. The number of nitrogens with zero attached hydrogens (tertiary/aromatic N) is 3. The molecule has 168 valence electrons. The third-order valence-electron chi connectivity index (χ3n) is 5.91. The molecule has 7 heteroatoms. The molecule has 7 nitrogen and oxygen atoms in total. The number of aromatic nitrogens is 2. The number of carbonyl (C=O) groups is 2. The molecule has 2 aromatic carbocycles. The van der Waals surface area contributed by atoms with Crippen molar-refractivity contribution in [3.8, 4) is 5.75 Å². The van der Waals surface area contributed by atoms with Crippen LogP contribution in [0.25, 0.3) is 11.0 Å². The highest BCUT2D eigenvalue weighted by atomic mass is 16.5. The van der Waals surface area contributed by atoms with Gasteiger partial charge in [0.05, 0.1) is 17.4 Å². The van der Waals surface area contributed by atoms with Crippen molar-refractivity contribution in [2.45, 2.75) is 39.2 Å². The minimum absolute atomic E-state index is 0.0113. The van der Waals surface area contributed by atoms with Gasteiger partial charge in [0.2, 0.25) is 0 Å². The highest BCUT2D eigenvalue weighted by Crippen LogP contribution is 2.26. The summed E-state index contributed by atoms with van der Waals surface area (Å²) >= 11 is 0. The van der Waals surface area contributed by atoms with Crippen LogP contribution in [0.2, 0.25) is 0 Å². The van der Waals surface area contributed by atoms with Crippen molar-refractivity contribution in [3.05, 3.63) is 59.9 Å². The molecule has 1 aliphatic rings. The fourth-order valence-electron chi connectivity index (χ4n) is 3.93. The Labute approximate surface area is 188 Å².